The lowest BCUT2D eigenvalue weighted by molar-refractivity contribution is -0.146. The summed E-state index contributed by atoms with van der Waals surface area (Å²) in [6.45, 7) is 2.07. The van der Waals surface area contributed by atoms with E-state index in [0.717, 1.165) is 42.4 Å². The maximum absolute atomic E-state index is 12.4. The molecule has 0 aliphatic carbocycles. The number of nitrogens with two attached hydrogens (primary N) is 1. The molecule has 2 rings (SSSR count). The number of aliphatic imine (C=N–C) groups is 1. The van der Waals surface area contributed by atoms with Crippen molar-refractivity contribution >= 4 is 18.1 Å². The number of rotatable bonds is 11. The third-order valence-corrected chi connectivity index (χ3v) is 4.60. The number of allylic oxidation sites excluding steroid dienone is 4. The number of carbonyl (C=O) groups is 2. The molecule has 1 aromatic carbocycles. The van der Waals surface area contributed by atoms with Crippen molar-refractivity contribution in [2.45, 2.75) is 58.1 Å². The van der Waals surface area contributed by atoms with Crippen LogP contribution >= 0.6 is 0 Å². The van der Waals surface area contributed by atoms with Gasteiger partial charge in [0, 0.05) is 24.6 Å². The zero-order chi connectivity index (χ0) is 20.9. The molecule has 2 N–H and O–H groups in total. The van der Waals surface area contributed by atoms with Crippen molar-refractivity contribution in [3.05, 3.63) is 71.3 Å². The second-order valence-corrected chi connectivity index (χ2v) is 6.94. The fourth-order valence-electron chi connectivity index (χ4n) is 3.16. The third kappa shape index (κ3) is 8.30. The standard InChI is InChI=1S/C24H30N2O3/c1-2-10-20(13-6-7-15-22(25)27)21-14-8-9-18-26-24(21)29-23(28)17-16-19-11-4-3-5-12-19/h3-5,8-12,14,18,24H,2,6-7,13,15-17H2,1H3,(H2,25,27)/b20-10-. The number of unbranched alkanes of at least 4 members (excludes halogenated alkanes) is 1. The summed E-state index contributed by atoms with van der Waals surface area (Å²) in [6, 6.07) is 9.88. The molecule has 1 unspecified atom stereocenters. The average Bonchev–Trinajstić information content (AvgIpc) is 2.95. The van der Waals surface area contributed by atoms with Crippen LogP contribution in [0, 0.1) is 0 Å². The number of benzene rings is 1. The van der Waals surface area contributed by atoms with Crippen molar-refractivity contribution in [1.82, 2.24) is 0 Å². The van der Waals surface area contributed by atoms with E-state index in [0.29, 0.717) is 19.3 Å². The highest BCUT2D eigenvalue weighted by molar-refractivity contribution is 5.75. The zero-order valence-electron chi connectivity index (χ0n) is 17.0. The molecule has 154 valence electrons. The predicted molar refractivity (Wildman–Crippen MR) is 116 cm³/mol. The van der Waals surface area contributed by atoms with Crippen LogP contribution in [0.1, 0.15) is 51.0 Å². The molecule has 0 aromatic heterocycles. The Morgan fingerprint density at radius 2 is 1.86 bits per heavy atom. The predicted octanol–water partition coefficient (Wildman–Crippen LogP) is 4.44. The van der Waals surface area contributed by atoms with Gasteiger partial charge in [0.1, 0.15) is 0 Å². The minimum Gasteiger partial charge on any atom is -0.435 e. The van der Waals surface area contributed by atoms with Crippen molar-refractivity contribution in [2.75, 3.05) is 0 Å². The van der Waals surface area contributed by atoms with Gasteiger partial charge in [0.15, 0.2) is 0 Å². The molecule has 1 aromatic rings. The molecule has 1 aliphatic rings. The SMILES string of the molecule is CC/C=C(/CCCCC(N)=O)C1=CC=CC=NC1OC(=O)CCc1ccccc1. The summed E-state index contributed by atoms with van der Waals surface area (Å²) >= 11 is 0. The van der Waals surface area contributed by atoms with E-state index in [4.69, 9.17) is 10.5 Å². The van der Waals surface area contributed by atoms with Crippen LogP contribution in [0.2, 0.25) is 0 Å². The summed E-state index contributed by atoms with van der Waals surface area (Å²) in [5, 5.41) is 0. The Kier molecular flexibility index (Phi) is 9.63. The normalized spacial score (nSPS) is 16.2. The van der Waals surface area contributed by atoms with Gasteiger partial charge in [-0.1, -0.05) is 55.5 Å². The van der Waals surface area contributed by atoms with Crippen LogP contribution < -0.4 is 5.73 Å². The Bertz CT molecular complexity index is 792. The third-order valence-electron chi connectivity index (χ3n) is 4.60. The van der Waals surface area contributed by atoms with Gasteiger partial charge >= 0.3 is 5.97 Å². The lowest BCUT2D eigenvalue weighted by Gasteiger charge is -2.19. The summed E-state index contributed by atoms with van der Waals surface area (Å²) in [5.41, 5.74) is 8.32. The summed E-state index contributed by atoms with van der Waals surface area (Å²) in [6.07, 6.45) is 13.4. The molecule has 0 spiro atoms. The number of ether oxygens (including phenoxy) is 1. The van der Waals surface area contributed by atoms with E-state index in [2.05, 4.69) is 18.0 Å². The van der Waals surface area contributed by atoms with Gasteiger partial charge in [0.05, 0.1) is 0 Å². The largest absolute Gasteiger partial charge is 0.435 e. The highest BCUT2D eigenvalue weighted by Crippen LogP contribution is 2.26. The van der Waals surface area contributed by atoms with E-state index in [9.17, 15) is 9.59 Å². The van der Waals surface area contributed by atoms with Crippen LogP contribution in [-0.2, 0) is 20.7 Å². The molecule has 1 amide bonds. The number of hydrogen-bond donors (Lipinski definition) is 1. The van der Waals surface area contributed by atoms with E-state index in [1.54, 1.807) is 6.21 Å². The first kappa shape index (κ1) is 22.3. The van der Waals surface area contributed by atoms with Crippen molar-refractivity contribution in [2.24, 2.45) is 10.7 Å². The highest BCUT2D eigenvalue weighted by atomic mass is 16.6. The Labute approximate surface area is 173 Å². The van der Waals surface area contributed by atoms with Crippen LogP contribution in [0.3, 0.4) is 0 Å². The number of primary amides is 1. The molecule has 0 saturated carbocycles. The van der Waals surface area contributed by atoms with E-state index < -0.39 is 6.23 Å². The molecule has 29 heavy (non-hydrogen) atoms. The van der Waals surface area contributed by atoms with E-state index in [1.807, 2.05) is 48.6 Å². The van der Waals surface area contributed by atoms with Crippen LogP contribution in [0.25, 0.3) is 0 Å². The van der Waals surface area contributed by atoms with Crippen molar-refractivity contribution < 1.29 is 14.3 Å². The summed E-state index contributed by atoms with van der Waals surface area (Å²) in [7, 11) is 0. The van der Waals surface area contributed by atoms with Crippen molar-refractivity contribution in [1.29, 1.82) is 0 Å². The Morgan fingerprint density at radius 1 is 1.10 bits per heavy atom. The van der Waals surface area contributed by atoms with Gasteiger partial charge in [-0.3, -0.25) is 9.59 Å². The number of hydrogen-bond acceptors (Lipinski definition) is 4. The van der Waals surface area contributed by atoms with Gasteiger partial charge < -0.3 is 10.5 Å². The topological polar surface area (TPSA) is 81.8 Å². The fourth-order valence-corrected chi connectivity index (χ4v) is 3.16. The van der Waals surface area contributed by atoms with Gasteiger partial charge in [0.25, 0.3) is 0 Å². The molecule has 0 bridgehead atoms. The summed E-state index contributed by atoms with van der Waals surface area (Å²) in [4.78, 5) is 27.8. The van der Waals surface area contributed by atoms with Crippen LogP contribution in [0.15, 0.2) is 70.8 Å². The maximum Gasteiger partial charge on any atom is 0.308 e. The minimum absolute atomic E-state index is 0.270. The molecule has 1 atom stereocenters. The molecule has 1 heterocycles. The molecule has 0 fully saturated rings. The maximum atomic E-state index is 12.4. The van der Waals surface area contributed by atoms with Crippen LogP contribution in [0.5, 0.6) is 0 Å². The fraction of sp³-hybridized carbons (Fsp3) is 0.375. The van der Waals surface area contributed by atoms with E-state index in [1.165, 1.54) is 0 Å². The smallest absolute Gasteiger partial charge is 0.308 e. The Balaban J connectivity index is 2.00. The van der Waals surface area contributed by atoms with Gasteiger partial charge in [-0.15, -0.1) is 0 Å². The molecular formula is C24H30N2O3. The number of aryl methyl sites for hydroxylation is 1. The number of amides is 1. The summed E-state index contributed by atoms with van der Waals surface area (Å²) in [5.74, 6) is -0.550. The molecule has 0 saturated heterocycles. The minimum atomic E-state index is -0.651. The van der Waals surface area contributed by atoms with Gasteiger partial charge in [0.2, 0.25) is 12.1 Å². The van der Waals surface area contributed by atoms with Crippen LogP contribution in [0.4, 0.5) is 0 Å². The first-order valence-electron chi connectivity index (χ1n) is 10.2. The highest BCUT2D eigenvalue weighted by Gasteiger charge is 2.21. The Hall–Kier alpha value is -2.95. The quantitative estimate of drug-likeness (QED) is 0.445. The number of esters is 1. The summed E-state index contributed by atoms with van der Waals surface area (Å²) < 4.78 is 5.72. The first-order chi connectivity index (χ1) is 14.1. The number of nitrogens with zero attached hydrogens (tertiary/aromatic N) is 1. The first-order valence-corrected chi connectivity index (χ1v) is 10.2. The monoisotopic (exact) mass is 394 g/mol. The van der Waals surface area contributed by atoms with Gasteiger partial charge in [-0.25, -0.2) is 4.99 Å². The zero-order valence-corrected chi connectivity index (χ0v) is 17.0. The Morgan fingerprint density at radius 3 is 2.59 bits per heavy atom. The lowest BCUT2D eigenvalue weighted by atomic mass is 9.96. The van der Waals surface area contributed by atoms with E-state index >= 15 is 0 Å². The van der Waals surface area contributed by atoms with Gasteiger partial charge in [-0.2, -0.15) is 0 Å². The van der Waals surface area contributed by atoms with Gasteiger partial charge in [-0.05, 0) is 49.3 Å². The average molecular weight is 395 g/mol. The molecule has 1 aliphatic heterocycles. The second kappa shape index (κ2) is 12.5. The molecule has 5 nitrogen and oxygen atoms in total. The van der Waals surface area contributed by atoms with Crippen LogP contribution in [-0.4, -0.2) is 24.3 Å². The molecular weight excluding hydrogens is 364 g/mol. The van der Waals surface area contributed by atoms with Crippen molar-refractivity contribution in [3.8, 4) is 0 Å². The molecule has 5 heteroatoms. The lowest BCUT2D eigenvalue weighted by Crippen LogP contribution is -2.20. The van der Waals surface area contributed by atoms with Crippen molar-refractivity contribution in [3.63, 3.8) is 0 Å². The molecule has 0 radical (unpaired) electrons. The second-order valence-electron chi connectivity index (χ2n) is 6.94. The van der Waals surface area contributed by atoms with E-state index in [-0.39, 0.29) is 11.9 Å². The number of carbonyl (C=O) groups excluding carboxylic acids is 2.